The van der Waals surface area contributed by atoms with Gasteiger partial charge in [0.25, 0.3) is 0 Å². The SMILES string of the molecule is Cc1cc(S(=O)(=O)NCc2ccc(CO)cc2)sc1Cl. The zero-order valence-electron chi connectivity index (χ0n) is 10.8. The molecule has 0 unspecified atom stereocenters. The molecule has 0 bridgehead atoms. The zero-order chi connectivity index (χ0) is 14.8. The van der Waals surface area contributed by atoms with Crippen LogP contribution in [0.2, 0.25) is 4.34 Å². The Kier molecular flexibility index (Phi) is 4.82. The van der Waals surface area contributed by atoms with E-state index in [1.165, 1.54) is 0 Å². The molecule has 0 aliphatic rings. The first-order valence-corrected chi connectivity index (χ1v) is 8.54. The Morgan fingerprint density at radius 3 is 2.35 bits per heavy atom. The van der Waals surface area contributed by atoms with Crippen molar-refractivity contribution in [2.24, 2.45) is 0 Å². The van der Waals surface area contributed by atoms with Crippen LogP contribution in [0, 0.1) is 6.92 Å². The first-order valence-electron chi connectivity index (χ1n) is 5.86. The van der Waals surface area contributed by atoms with E-state index in [9.17, 15) is 8.42 Å². The van der Waals surface area contributed by atoms with E-state index in [2.05, 4.69) is 4.72 Å². The van der Waals surface area contributed by atoms with Crippen molar-refractivity contribution in [3.05, 3.63) is 51.4 Å². The van der Waals surface area contributed by atoms with Gasteiger partial charge in [-0.05, 0) is 29.7 Å². The van der Waals surface area contributed by atoms with E-state index in [-0.39, 0.29) is 17.4 Å². The fraction of sp³-hybridized carbons (Fsp3) is 0.231. The third kappa shape index (κ3) is 3.59. The van der Waals surface area contributed by atoms with E-state index in [1.807, 2.05) is 0 Å². The molecule has 0 saturated heterocycles. The lowest BCUT2D eigenvalue weighted by molar-refractivity contribution is 0.282. The van der Waals surface area contributed by atoms with Gasteiger partial charge in [0.05, 0.1) is 10.9 Å². The first kappa shape index (κ1) is 15.5. The number of hydrogen-bond acceptors (Lipinski definition) is 4. The summed E-state index contributed by atoms with van der Waals surface area (Å²) in [6, 6.07) is 8.64. The Morgan fingerprint density at radius 1 is 1.25 bits per heavy atom. The Morgan fingerprint density at radius 2 is 1.85 bits per heavy atom. The van der Waals surface area contributed by atoms with Crippen LogP contribution >= 0.6 is 22.9 Å². The lowest BCUT2D eigenvalue weighted by Gasteiger charge is -2.05. The Labute approximate surface area is 127 Å². The molecule has 0 amide bonds. The predicted octanol–water partition coefficient (Wildman–Crippen LogP) is 2.68. The molecule has 1 heterocycles. The topological polar surface area (TPSA) is 66.4 Å². The summed E-state index contributed by atoms with van der Waals surface area (Å²) in [6.07, 6.45) is 0. The van der Waals surface area contributed by atoms with Gasteiger partial charge in [-0.3, -0.25) is 0 Å². The molecule has 0 spiro atoms. The van der Waals surface area contributed by atoms with Gasteiger partial charge >= 0.3 is 0 Å². The zero-order valence-corrected chi connectivity index (χ0v) is 13.1. The average Bonchev–Trinajstić information content (AvgIpc) is 2.78. The second-order valence-corrected chi connectivity index (χ2v) is 7.97. The quantitative estimate of drug-likeness (QED) is 0.885. The maximum absolute atomic E-state index is 12.1. The van der Waals surface area contributed by atoms with Crippen molar-refractivity contribution >= 4 is 33.0 Å². The van der Waals surface area contributed by atoms with Crippen LogP contribution in [-0.2, 0) is 23.2 Å². The van der Waals surface area contributed by atoms with Gasteiger partial charge in [-0.15, -0.1) is 11.3 Å². The van der Waals surface area contributed by atoms with Gasteiger partial charge in [-0.1, -0.05) is 35.9 Å². The van der Waals surface area contributed by atoms with Crippen LogP contribution in [0.3, 0.4) is 0 Å². The molecule has 2 N–H and O–H groups in total. The van der Waals surface area contributed by atoms with Gasteiger partial charge in [0, 0.05) is 6.54 Å². The molecule has 0 aliphatic carbocycles. The summed E-state index contributed by atoms with van der Waals surface area (Å²) in [7, 11) is -3.54. The van der Waals surface area contributed by atoms with Crippen LogP contribution in [0.25, 0.3) is 0 Å². The molecule has 0 atom stereocenters. The summed E-state index contributed by atoms with van der Waals surface area (Å²) in [4.78, 5) is 0. The molecule has 1 aromatic heterocycles. The van der Waals surface area contributed by atoms with Crippen LogP contribution < -0.4 is 4.72 Å². The fourth-order valence-electron chi connectivity index (χ4n) is 1.58. The van der Waals surface area contributed by atoms with Crippen LogP contribution in [-0.4, -0.2) is 13.5 Å². The number of nitrogens with one attached hydrogen (secondary N) is 1. The highest BCUT2D eigenvalue weighted by molar-refractivity contribution is 7.91. The molecule has 0 saturated carbocycles. The second kappa shape index (κ2) is 6.24. The summed E-state index contributed by atoms with van der Waals surface area (Å²) < 4.78 is 27.4. The maximum Gasteiger partial charge on any atom is 0.250 e. The number of benzene rings is 1. The highest BCUT2D eigenvalue weighted by atomic mass is 35.5. The lowest BCUT2D eigenvalue weighted by atomic mass is 10.1. The molecule has 0 aliphatic heterocycles. The molecule has 2 rings (SSSR count). The predicted molar refractivity (Wildman–Crippen MR) is 80.5 cm³/mol. The van der Waals surface area contributed by atoms with Gasteiger partial charge in [0.15, 0.2) is 0 Å². The number of aliphatic hydroxyl groups is 1. The largest absolute Gasteiger partial charge is 0.392 e. The Bertz CT molecular complexity index is 673. The van der Waals surface area contributed by atoms with Crippen molar-refractivity contribution in [3.8, 4) is 0 Å². The van der Waals surface area contributed by atoms with E-state index in [0.29, 0.717) is 4.34 Å². The van der Waals surface area contributed by atoms with Gasteiger partial charge in [-0.25, -0.2) is 13.1 Å². The fourth-order valence-corrected chi connectivity index (χ4v) is 4.35. The van der Waals surface area contributed by atoms with Crippen LogP contribution in [0.1, 0.15) is 16.7 Å². The minimum atomic E-state index is -3.54. The number of halogens is 1. The van der Waals surface area contributed by atoms with Gasteiger partial charge in [0.2, 0.25) is 10.0 Å². The second-order valence-electron chi connectivity index (χ2n) is 4.32. The van der Waals surface area contributed by atoms with Crippen molar-refractivity contribution in [2.45, 2.75) is 24.3 Å². The summed E-state index contributed by atoms with van der Waals surface area (Å²) >= 11 is 6.93. The number of hydrogen-bond donors (Lipinski definition) is 2. The lowest BCUT2D eigenvalue weighted by Crippen LogP contribution is -2.22. The van der Waals surface area contributed by atoms with E-state index in [4.69, 9.17) is 16.7 Å². The molecule has 1 aromatic carbocycles. The molecular formula is C13H14ClNO3S2. The summed E-state index contributed by atoms with van der Waals surface area (Å²) in [5, 5.41) is 8.94. The Balaban J connectivity index is 2.08. The molecule has 0 fully saturated rings. The van der Waals surface area contributed by atoms with E-state index in [0.717, 1.165) is 28.0 Å². The molecule has 2 aromatic rings. The Hall–Kier alpha value is -0.920. The average molecular weight is 332 g/mol. The minimum absolute atomic E-state index is 0.0288. The van der Waals surface area contributed by atoms with E-state index in [1.54, 1.807) is 37.3 Å². The number of rotatable bonds is 5. The third-order valence-electron chi connectivity index (χ3n) is 2.77. The summed E-state index contributed by atoms with van der Waals surface area (Å²) in [5.41, 5.74) is 2.37. The summed E-state index contributed by atoms with van der Waals surface area (Å²) in [6.45, 7) is 1.94. The molecular weight excluding hydrogens is 318 g/mol. The van der Waals surface area contributed by atoms with Gasteiger partial charge in [-0.2, -0.15) is 0 Å². The monoisotopic (exact) mass is 331 g/mol. The normalized spacial score (nSPS) is 11.8. The molecule has 20 heavy (non-hydrogen) atoms. The van der Waals surface area contributed by atoms with Crippen molar-refractivity contribution in [1.82, 2.24) is 4.72 Å². The van der Waals surface area contributed by atoms with Crippen molar-refractivity contribution in [3.63, 3.8) is 0 Å². The highest BCUT2D eigenvalue weighted by Crippen LogP contribution is 2.29. The van der Waals surface area contributed by atoms with Crippen molar-refractivity contribution in [1.29, 1.82) is 0 Å². The van der Waals surface area contributed by atoms with Crippen LogP contribution in [0.15, 0.2) is 34.5 Å². The molecule has 4 nitrogen and oxygen atoms in total. The molecule has 108 valence electrons. The van der Waals surface area contributed by atoms with E-state index < -0.39 is 10.0 Å². The first-order chi connectivity index (χ1) is 9.42. The molecule has 0 radical (unpaired) electrons. The van der Waals surface area contributed by atoms with Gasteiger partial charge in [0.1, 0.15) is 4.21 Å². The number of aryl methyl sites for hydroxylation is 1. The van der Waals surface area contributed by atoms with E-state index >= 15 is 0 Å². The highest BCUT2D eigenvalue weighted by Gasteiger charge is 2.17. The molecule has 7 heteroatoms. The third-order valence-corrected chi connectivity index (χ3v) is 6.20. The maximum atomic E-state index is 12.1. The van der Waals surface area contributed by atoms with Crippen LogP contribution in [0.4, 0.5) is 0 Å². The van der Waals surface area contributed by atoms with Crippen molar-refractivity contribution in [2.75, 3.05) is 0 Å². The van der Waals surface area contributed by atoms with Crippen molar-refractivity contribution < 1.29 is 13.5 Å². The standard InChI is InChI=1S/C13H14ClNO3S2/c1-9-6-12(19-13(9)14)20(17,18)15-7-10-2-4-11(8-16)5-3-10/h2-6,15-16H,7-8H2,1H3. The minimum Gasteiger partial charge on any atom is -0.392 e. The number of aliphatic hydroxyl groups excluding tert-OH is 1. The van der Waals surface area contributed by atoms with Gasteiger partial charge < -0.3 is 5.11 Å². The van der Waals surface area contributed by atoms with Crippen LogP contribution in [0.5, 0.6) is 0 Å². The number of sulfonamides is 1. The number of thiophene rings is 1. The summed E-state index contributed by atoms with van der Waals surface area (Å²) in [5.74, 6) is 0. The smallest absolute Gasteiger partial charge is 0.250 e.